The predicted molar refractivity (Wildman–Crippen MR) is 45.5 cm³/mol. The lowest BCUT2D eigenvalue weighted by molar-refractivity contribution is 0.1000. The summed E-state index contributed by atoms with van der Waals surface area (Å²) in [7, 11) is 0. The average molecular weight is 168 g/mol. The van der Waals surface area contributed by atoms with Gasteiger partial charge in [0.1, 0.15) is 0 Å². The smallest absolute Gasteiger partial charge is 0.277 e. The second-order valence-electron chi connectivity index (χ2n) is 2.04. The molecule has 1 rings (SSSR count). The zero-order chi connectivity index (χ0) is 8.43. The molecule has 0 atom stereocenters. The summed E-state index contributed by atoms with van der Waals surface area (Å²) in [5, 5.41) is 0.345. The summed E-state index contributed by atoms with van der Waals surface area (Å²) in [6.07, 6.45) is 1.67. The van der Waals surface area contributed by atoms with Gasteiger partial charge in [0.2, 0.25) is 0 Å². The van der Waals surface area contributed by atoms with Crippen LogP contribution in [0.5, 0.6) is 0 Å². The van der Waals surface area contributed by atoms with Crippen molar-refractivity contribution in [2.24, 2.45) is 5.73 Å². The maximum Gasteiger partial charge on any atom is 0.277 e. The minimum atomic E-state index is -0.480. The highest BCUT2D eigenvalue weighted by Crippen LogP contribution is 2.17. The summed E-state index contributed by atoms with van der Waals surface area (Å²) in [6, 6.07) is 0. The highest BCUT2D eigenvalue weighted by Gasteiger charge is 2.08. The van der Waals surface area contributed by atoms with Crippen LogP contribution in [0.4, 0.5) is 0 Å². The van der Waals surface area contributed by atoms with Crippen LogP contribution in [0.1, 0.15) is 20.4 Å². The Labute approximate surface area is 68.6 Å². The quantitative estimate of drug-likeness (QED) is 0.721. The van der Waals surface area contributed by atoms with Gasteiger partial charge in [0.05, 0.1) is 10.6 Å². The fraction of sp³-hybridized carbons (Fsp3) is 0.143. The minimum Gasteiger partial charge on any atom is -0.364 e. The molecule has 0 saturated heterocycles. The van der Waals surface area contributed by atoms with E-state index in [1.807, 2.05) is 6.92 Å². The van der Waals surface area contributed by atoms with E-state index < -0.39 is 5.91 Å². The monoisotopic (exact) mass is 168 g/mol. The lowest BCUT2D eigenvalue weighted by Crippen LogP contribution is -2.10. The Balaban J connectivity index is 3.14. The van der Waals surface area contributed by atoms with E-state index in [1.165, 1.54) is 11.3 Å². The van der Waals surface area contributed by atoms with Crippen LogP contribution in [0.25, 0.3) is 6.08 Å². The molecule has 0 fully saturated rings. The summed E-state index contributed by atoms with van der Waals surface area (Å²) in [4.78, 5) is 15.5. The molecule has 1 aromatic heterocycles. The van der Waals surface area contributed by atoms with Crippen LogP contribution < -0.4 is 5.73 Å². The van der Waals surface area contributed by atoms with Crippen molar-refractivity contribution in [3.8, 4) is 0 Å². The van der Waals surface area contributed by atoms with Crippen LogP contribution in [0.2, 0.25) is 0 Å². The number of carbonyl (C=O) groups is 1. The molecule has 0 aliphatic rings. The Morgan fingerprint density at radius 3 is 2.73 bits per heavy atom. The molecule has 0 bridgehead atoms. The number of nitrogens with two attached hydrogens (primary N) is 1. The van der Waals surface area contributed by atoms with Crippen LogP contribution in [0, 0.1) is 6.92 Å². The molecule has 0 aromatic carbocycles. The van der Waals surface area contributed by atoms with Crippen molar-refractivity contribution in [3.63, 3.8) is 0 Å². The number of hydrogen-bond donors (Lipinski definition) is 1. The largest absolute Gasteiger partial charge is 0.364 e. The Hall–Kier alpha value is -1.16. The van der Waals surface area contributed by atoms with Gasteiger partial charge in [-0.1, -0.05) is 12.7 Å². The number of aromatic nitrogens is 1. The summed E-state index contributed by atoms with van der Waals surface area (Å²) in [5.74, 6) is -0.480. The molecule has 11 heavy (non-hydrogen) atoms. The molecule has 4 heteroatoms. The van der Waals surface area contributed by atoms with Crippen LogP contribution in [0.3, 0.4) is 0 Å². The Bertz CT molecular complexity index is 303. The van der Waals surface area contributed by atoms with E-state index in [0.29, 0.717) is 5.01 Å². The van der Waals surface area contributed by atoms with Crippen molar-refractivity contribution >= 4 is 23.3 Å². The van der Waals surface area contributed by atoms with Gasteiger partial charge in [-0.25, -0.2) is 4.98 Å². The number of amides is 1. The number of aryl methyl sites for hydroxylation is 1. The predicted octanol–water partition coefficient (Wildman–Crippen LogP) is 1.19. The molecule has 0 aliphatic carbocycles. The van der Waals surface area contributed by atoms with Crippen LogP contribution in [-0.2, 0) is 0 Å². The third-order valence-electron chi connectivity index (χ3n) is 1.23. The first kappa shape index (κ1) is 7.94. The fourth-order valence-corrected chi connectivity index (χ4v) is 1.47. The average Bonchev–Trinajstić information content (AvgIpc) is 2.31. The van der Waals surface area contributed by atoms with Crippen LogP contribution in [0.15, 0.2) is 6.58 Å². The first-order valence-corrected chi connectivity index (χ1v) is 3.86. The van der Waals surface area contributed by atoms with Crippen molar-refractivity contribution in [2.45, 2.75) is 6.92 Å². The summed E-state index contributed by atoms with van der Waals surface area (Å²) >= 11 is 1.26. The Morgan fingerprint density at radius 2 is 2.45 bits per heavy atom. The van der Waals surface area contributed by atoms with Gasteiger partial charge < -0.3 is 5.73 Å². The van der Waals surface area contributed by atoms with E-state index in [4.69, 9.17) is 5.73 Å². The van der Waals surface area contributed by atoms with Gasteiger partial charge in [-0.3, -0.25) is 4.79 Å². The maximum absolute atomic E-state index is 10.6. The first-order chi connectivity index (χ1) is 5.15. The van der Waals surface area contributed by atoms with E-state index in [9.17, 15) is 4.79 Å². The molecular weight excluding hydrogens is 160 g/mol. The summed E-state index contributed by atoms with van der Waals surface area (Å²) in [5.41, 5.74) is 5.83. The standard InChI is InChI=1S/C7H8N2OS/c1-3-5-4(2)9-7(11-5)6(8)10/h3H,1H2,2H3,(H2,8,10). The minimum absolute atomic E-state index is 0.345. The summed E-state index contributed by atoms with van der Waals surface area (Å²) in [6.45, 7) is 5.40. The van der Waals surface area contributed by atoms with E-state index >= 15 is 0 Å². The van der Waals surface area contributed by atoms with Crippen molar-refractivity contribution in [1.82, 2.24) is 4.98 Å². The number of carbonyl (C=O) groups excluding carboxylic acids is 1. The molecule has 2 N–H and O–H groups in total. The van der Waals surface area contributed by atoms with E-state index in [0.717, 1.165) is 10.6 Å². The van der Waals surface area contributed by atoms with Gasteiger partial charge in [-0.05, 0) is 6.92 Å². The highest BCUT2D eigenvalue weighted by molar-refractivity contribution is 7.14. The molecule has 1 heterocycles. The molecule has 1 amide bonds. The normalized spacial score (nSPS) is 9.55. The number of hydrogen-bond acceptors (Lipinski definition) is 3. The molecule has 0 spiro atoms. The molecule has 3 nitrogen and oxygen atoms in total. The molecule has 0 radical (unpaired) electrons. The fourth-order valence-electron chi connectivity index (χ4n) is 0.703. The molecule has 58 valence electrons. The number of thiazole rings is 1. The van der Waals surface area contributed by atoms with Crippen molar-refractivity contribution < 1.29 is 4.79 Å². The molecule has 1 aromatic rings. The van der Waals surface area contributed by atoms with Crippen LogP contribution in [-0.4, -0.2) is 10.9 Å². The number of nitrogens with zero attached hydrogens (tertiary/aromatic N) is 1. The third kappa shape index (κ3) is 1.46. The van der Waals surface area contributed by atoms with Gasteiger partial charge in [0.25, 0.3) is 5.91 Å². The van der Waals surface area contributed by atoms with Gasteiger partial charge in [-0.2, -0.15) is 0 Å². The molecule has 0 saturated carbocycles. The highest BCUT2D eigenvalue weighted by atomic mass is 32.1. The third-order valence-corrected chi connectivity index (χ3v) is 2.40. The second kappa shape index (κ2) is 2.84. The van der Waals surface area contributed by atoms with E-state index in [1.54, 1.807) is 6.08 Å². The zero-order valence-corrected chi connectivity index (χ0v) is 6.94. The molecular formula is C7H8N2OS. The summed E-state index contributed by atoms with van der Waals surface area (Å²) < 4.78 is 0. The topological polar surface area (TPSA) is 56.0 Å². The van der Waals surface area contributed by atoms with E-state index in [2.05, 4.69) is 11.6 Å². The zero-order valence-electron chi connectivity index (χ0n) is 6.13. The number of rotatable bonds is 2. The van der Waals surface area contributed by atoms with E-state index in [-0.39, 0.29) is 0 Å². The van der Waals surface area contributed by atoms with Crippen molar-refractivity contribution in [1.29, 1.82) is 0 Å². The van der Waals surface area contributed by atoms with Gasteiger partial charge >= 0.3 is 0 Å². The van der Waals surface area contributed by atoms with Gasteiger partial charge in [-0.15, -0.1) is 11.3 Å². The lowest BCUT2D eigenvalue weighted by atomic mass is 10.4. The Morgan fingerprint density at radius 1 is 1.82 bits per heavy atom. The molecule has 0 unspecified atom stereocenters. The van der Waals surface area contributed by atoms with Crippen molar-refractivity contribution in [2.75, 3.05) is 0 Å². The SMILES string of the molecule is C=Cc1sc(C(N)=O)nc1C. The van der Waals surface area contributed by atoms with Gasteiger partial charge in [0, 0.05) is 0 Å². The van der Waals surface area contributed by atoms with Crippen molar-refractivity contribution in [3.05, 3.63) is 22.2 Å². The second-order valence-corrected chi connectivity index (χ2v) is 3.07. The van der Waals surface area contributed by atoms with Gasteiger partial charge in [0.15, 0.2) is 5.01 Å². The Kier molecular flexibility index (Phi) is 2.05. The lowest BCUT2D eigenvalue weighted by Gasteiger charge is -1.80. The van der Waals surface area contributed by atoms with Crippen LogP contribution >= 0.6 is 11.3 Å². The maximum atomic E-state index is 10.6. The first-order valence-electron chi connectivity index (χ1n) is 3.05. The number of primary amides is 1. The molecule has 0 aliphatic heterocycles.